The molecule has 4 nitrogen and oxygen atoms in total. The summed E-state index contributed by atoms with van der Waals surface area (Å²) in [6.07, 6.45) is 10.1. The van der Waals surface area contributed by atoms with E-state index in [0.717, 1.165) is 43.0 Å². The van der Waals surface area contributed by atoms with Gasteiger partial charge < -0.3 is 5.11 Å². The number of sulfone groups is 1. The lowest BCUT2D eigenvalue weighted by Gasteiger charge is -2.00. The van der Waals surface area contributed by atoms with Crippen LogP contribution in [0.1, 0.15) is 69.6 Å². The van der Waals surface area contributed by atoms with E-state index in [-0.39, 0.29) is 6.42 Å². The van der Waals surface area contributed by atoms with Crippen molar-refractivity contribution < 1.29 is 18.3 Å². The molecule has 1 aliphatic rings. The van der Waals surface area contributed by atoms with E-state index >= 15 is 0 Å². The number of fused-ring (bicyclic) bond motifs is 3. The van der Waals surface area contributed by atoms with Gasteiger partial charge >= 0.3 is 5.97 Å². The van der Waals surface area contributed by atoms with Crippen LogP contribution < -0.4 is 0 Å². The maximum Gasteiger partial charge on any atom is 0.303 e. The fourth-order valence-corrected chi connectivity index (χ4v) is 11.3. The second-order valence-electron chi connectivity index (χ2n) is 8.55. The van der Waals surface area contributed by atoms with Crippen LogP contribution in [-0.4, -0.2) is 25.2 Å². The third kappa shape index (κ3) is 5.98. The van der Waals surface area contributed by atoms with Gasteiger partial charge in [0, 0.05) is 21.1 Å². The van der Waals surface area contributed by atoms with Gasteiger partial charge in [0.2, 0.25) is 9.84 Å². The smallest absolute Gasteiger partial charge is 0.303 e. The van der Waals surface area contributed by atoms with E-state index in [9.17, 15) is 13.2 Å². The van der Waals surface area contributed by atoms with Gasteiger partial charge in [-0.1, -0.05) is 39.0 Å². The molecular weight excluding hydrogens is 525 g/mol. The predicted molar refractivity (Wildman–Crippen MR) is 146 cm³/mol. The molecule has 0 saturated heterocycles. The number of hydrogen-bond donors (Lipinski definition) is 1. The second kappa shape index (κ2) is 11.7. The van der Waals surface area contributed by atoms with Crippen LogP contribution in [0.5, 0.6) is 0 Å². The quantitative estimate of drug-likeness (QED) is 0.125. The number of thioether (sulfide) groups is 1. The summed E-state index contributed by atoms with van der Waals surface area (Å²) in [6.45, 7) is 2.24. The minimum Gasteiger partial charge on any atom is -0.481 e. The van der Waals surface area contributed by atoms with Crippen molar-refractivity contribution in [1.29, 1.82) is 0 Å². The summed E-state index contributed by atoms with van der Waals surface area (Å²) in [5, 5.41) is 8.80. The Morgan fingerprint density at radius 2 is 1.62 bits per heavy atom. The van der Waals surface area contributed by atoms with Crippen molar-refractivity contribution in [3.8, 4) is 19.5 Å². The van der Waals surface area contributed by atoms with Gasteiger partial charge in [-0.15, -0.1) is 45.8 Å². The molecule has 3 aromatic heterocycles. The molecule has 0 atom stereocenters. The normalized spacial score (nSPS) is 13.8. The molecule has 4 rings (SSSR count). The Kier molecular flexibility index (Phi) is 8.96. The average molecular weight is 555 g/mol. The maximum atomic E-state index is 13.2. The first-order valence-corrected chi connectivity index (χ1v) is 16.8. The molecule has 0 bridgehead atoms. The van der Waals surface area contributed by atoms with E-state index in [1.165, 1.54) is 42.7 Å². The number of aliphatic carboxylic acids is 1. The minimum absolute atomic E-state index is 0.155. The first-order chi connectivity index (χ1) is 16.4. The number of carboxylic acids is 1. The summed E-state index contributed by atoms with van der Waals surface area (Å²) in [5.74, 6) is 0.347. The summed E-state index contributed by atoms with van der Waals surface area (Å²) in [5.41, 5.74) is 0. The largest absolute Gasteiger partial charge is 0.481 e. The van der Waals surface area contributed by atoms with Gasteiger partial charge in [0.1, 0.15) is 0 Å². The Balaban J connectivity index is 1.40. The number of unbranched alkanes of at least 4 members (excludes halogenated alkanes) is 6. The van der Waals surface area contributed by atoms with Gasteiger partial charge in [-0.3, -0.25) is 4.79 Å². The Morgan fingerprint density at radius 3 is 2.41 bits per heavy atom. The van der Waals surface area contributed by atoms with Crippen LogP contribution in [0.2, 0.25) is 0 Å². The highest BCUT2D eigenvalue weighted by atomic mass is 32.2. The van der Waals surface area contributed by atoms with Crippen molar-refractivity contribution in [2.24, 2.45) is 0 Å². The molecule has 9 heteroatoms. The summed E-state index contributed by atoms with van der Waals surface area (Å²) in [4.78, 5) is 16.5. The van der Waals surface area contributed by atoms with Crippen LogP contribution in [0.4, 0.5) is 0 Å². The fourth-order valence-electron chi connectivity index (χ4n) is 4.04. The zero-order chi connectivity index (χ0) is 24.1. The summed E-state index contributed by atoms with van der Waals surface area (Å²) >= 11 is 6.77. The molecule has 0 spiro atoms. The topological polar surface area (TPSA) is 71.4 Å². The number of hydrogen-bond acceptors (Lipinski definition) is 7. The van der Waals surface area contributed by atoms with Gasteiger partial charge in [-0.25, -0.2) is 8.42 Å². The van der Waals surface area contributed by atoms with Crippen LogP contribution in [0.25, 0.3) is 19.5 Å². The average Bonchev–Trinajstić information content (AvgIpc) is 3.55. The highest BCUT2D eigenvalue weighted by Crippen LogP contribution is 2.54. The standard InChI is InChI=1S/C25H30O4S5/c1-2-3-4-5-6-9-14-30-23-13-12-18(32-23)19-16-21-25(33-19)24-20(34(21,28)29)15-17(31-24)10-7-8-11-22(26)27/h12-13,15-16H,2-11,14H2,1H3,(H,26,27). The Morgan fingerprint density at radius 1 is 0.882 bits per heavy atom. The third-order valence-corrected chi connectivity index (χ3v) is 13.0. The Bertz CT molecular complexity index is 1230. The zero-order valence-corrected chi connectivity index (χ0v) is 23.4. The summed E-state index contributed by atoms with van der Waals surface area (Å²) in [7, 11) is -3.47. The van der Waals surface area contributed by atoms with Crippen LogP contribution >= 0.6 is 45.8 Å². The van der Waals surface area contributed by atoms with Gasteiger partial charge in [0.15, 0.2) is 0 Å². The lowest BCUT2D eigenvalue weighted by molar-refractivity contribution is -0.137. The Hall–Kier alpha value is -1.13. The molecule has 0 aromatic carbocycles. The molecule has 0 saturated carbocycles. The molecule has 0 unspecified atom stereocenters. The highest BCUT2D eigenvalue weighted by molar-refractivity contribution is 8.01. The van der Waals surface area contributed by atoms with Crippen molar-refractivity contribution in [1.82, 2.24) is 0 Å². The van der Waals surface area contributed by atoms with E-state index in [4.69, 9.17) is 5.11 Å². The molecule has 4 heterocycles. The fraction of sp³-hybridized carbons (Fsp3) is 0.480. The Labute approximate surface area is 218 Å². The number of thiophene rings is 3. The van der Waals surface area contributed by atoms with Gasteiger partial charge in [0.25, 0.3) is 0 Å². The number of carboxylic acid groups (broad SMARTS) is 1. The number of aryl methyl sites for hydroxylation is 1. The van der Waals surface area contributed by atoms with Crippen LogP contribution in [-0.2, 0) is 21.1 Å². The molecule has 1 aliphatic heterocycles. The number of rotatable bonds is 14. The molecule has 0 amide bonds. The molecular formula is C25H30O4S5. The van der Waals surface area contributed by atoms with Gasteiger partial charge in [-0.2, -0.15) is 0 Å². The zero-order valence-electron chi connectivity index (χ0n) is 19.3. The van der Waals surface area contributed by atoms with Gasteiger partial charge in [-0.05, 0) is 55.7 Å². The molecule has 34 heavy (non-hydrogen) atoms. The summed E-state index contributed by atoms with van der Waals surface area (Å²) < 4.78 is 27.6. The van der Waals surface area contributed by atoms with E-state index < -0.39 is 15.8 Å². The van der Waals surface area contributed by atoms with E-state index in [2.05, 4.69) is 19.1 Å². The van der Waals surface area contributed by atoms with E-state index in [1.54, 1.807) is 40.1 Å². The number of carbonyl (C=O) groups is 1. The van der Waals surface area contributed by atoms with Crippen molar-refractivity contribution in [2.75, 3.05) is 5.75 Å². The maximum absolute atomic E-state index is 13.2. The van der Waals surface area contributed by atoms with Gasteiger partial charge in [0.05, 0.1) is 23.8 Å². The highest BCUT2D eigenvalue weighted by Gasteiger charge is 2.37. The molecule has 0 aliphatic carbocycles. The van der Waals surface area contributed by atoms with Crippen LogP contribution in [0, 0.1) is 0 Å². The van der Waals surface area contributed by atoms with E-state index in [0.29, 0.717) is 16.2 Å². The lowest BCUT2D eigenvalue weighted by atomic mass is 10.1. The molecule has 0 fully saturated rings. The molecule has 1 N–H and O–H groups in total. The molecule has 184 valence electrons. The second-order valence-corrected chi connectivity index (χ2v) is 15.1. The SMILES string of the molecule is CCCCCCCCSc1ccc(-c2cc3c(s2)-c2sc(CCCCC(=O)O)cc2S3(=O)=O)s1. The summed E-state index contributed by atoms with van der Waals surface area (Å²) in [6, 6.07) is 7.92. The van der Waals surface area contributed by atoms with Crippen LogP contribution in [0.3, 0.4) is 0 Å². The predicted octanol–water partition coefficient (Wildman–Crippen LogP) is 8.60. The first-order valence-electron chi connectivity index (χ1n) is 11.9. The van der Waals surface area contributed by atoms with Crippen molar-refractivity contribution in [2.45, 2.75) is 85.1 Å². The minimum atomic E-state index is -3.47. The monoisotopic (exact) mass is 554 g/mol. The molecule has 3 aromatic rings. The third-order valence-electron chi connectivity index (χ3n) is 5.86. The lowest BCUT2D eigenvalue weighted by Crippen LogP contribution is -1.95. The van der Waals surface area contributed by atoms with Crippen LogP contribution in [0.15, 0.2) is 38.3 Å². The molecule has 0 radical (unpaired) electrons. The van der Waals surface area contributed by atoms with Crippen molar-refractivity contribution >= 4 is 61.6 Å². The van der Waals surface area contributed by atoms with Crippen molar-refractivity contribution in [3.63, 3.8) is 0 Å². The van der Waals surface area contributed by atoms with Crippen molar-refractivity contribution in [3.05, 3.63) is 29.1 Å². The first kappa shape index (κ1) is 25.9. The van der Waals surface area contributed by atoms with E-state index in [1.807, 2.05) is 17.8 Å².